The third kappa shape index (κ3) is 3.63. The van der Waals surface area contributed by atoms with Gasteiger partial charge in [-0.15, -0.1) is 0 Å². The Balaban J connectivity index is 1.18. The number of anilines is 3. The lowest BCUT2D eigenvalue weighted by Crippen LogP contribution is -2.57. The highest BCUT2D eigenvalue weighted by atomic mass is 16.5. The molecule has 3 aliphatic rings. The van der Waals surface area contributed by atoms with Crippen LogP contribution in [0.5, 0.6) is 34.5 Å². The quantitative estimate of drug-likeness (QED) is 0.192. The summed E-state index contributed by atoms with van der Waals surface area (Å²) < 4.78 is 19.8. The van der Waals surface area contributed by atoms with Gasteiger partial charge in [0.05, 0.1) is 5.69 Å². The molecule has 0 saturated carbocycles. The van der Waals surface area contributed by atoms with Crippen LogP contribution in [0.1, 0.15) is 5.56 Å². The Bertz CT molecular complexity index is 2330. The molecule has 0 bridgehead atoms. The summed E-state index contributed by atoms with van der Waals surface area (Å²) in [5, 5.41) is 2.21. The Morgan fingerprint density at radius 2 is 1.13 bits per heavy atom. The maximum absolute atomic E-state index is 6.80. The van der Waals surface area contributed by atoms with E-state index in [9.17, 15) is 0 Å². The molecule has 216 valence electrons. The maximum atomic E-state index is 6.80. The summed E-state index contributed by atoms with van der Waals surface area (Å²) in [5.74, 6) is 5.09. The Morgan fingerprint density at radius 3 is 1.89 bits per heavy atom. The minimum absolute atomic E-state index is 0.0163. The molecule has 0 aliphatic carbocycles. The van der Waals surface area contributed by atoms with E-state index in [1.54, 1.807) is 0 Å². The van der Waals surface area contributed by atoms with Gasteiger partial charge in [-0.3, -0.25) is 0 Å². The van der Waals surface area contributed by atoms with Gasteiger partial charge < -0.3 is 19.1 Å². The lowest BCUT2D eigenvalue weighted by molar-refractivity contribution is 0.461. The summed E-state index contributed by atoms with van der Waals surface area (Å²) in [6, 6.07) is 48.7. The molecule has 10 rings (SSSR count). The van der Waals surface area contributed by atoms with Crippen LogP contribution < -0.4 is 35.5 Å². The molecule has 0 aromatic heterocycles. The first-order chi connectivity index (χ1) is 22.7. The fourth-order valence-corrected chi connectivity index (χ4v) is 7.43. The van der Waals surface area contributed by atoms with Crippen molar-refractivity contribution in [1.82, 2.24) is 0 Å². The third-order valence-corrected chi connectivity index (χ3v) is 9.41. The van der Waals surface area contributed by atoms with E-state index in [0.717, 1.165) is 89.8 Å². The predicted octanol–water partition coefficient (Wildman–Crippen LogP) is 9.12. The van der Waals surface area contributed by atoms with E-state index in [1.807, 2.05) is 18.2 Å². The number of hydrogen-bond acceptors (Lipinski definition) is 4. The molecular formula is C41H26BNO3. The van der Waals surface area contributed by atoms with Crippen LogP contribution in [0.4, 0.5) is 17.1 Å². The minimum Gasteiger partial charge on any atom is -0.458 e. The molecule has 4 nitrogen and oxygen atoms in total. The molecule has 3 aliphatic heterocycles. The predicted molar refractivity (Wildman–Crippen MR) is 187 cm³/mol. The first kappa shape index (κ1) is 25.4. The number of aryl methyl sites for hydroxylation is 1. The van der Waals surface area contributed by atoms with E-state index in [2.05, 4.69) is 133 Å². The van der Waals surface area contributed by atoms with E-state index >= 15 is 0 Å². The summed E-state index contributed by atoms with van der Waals surface area (Å²) in [7, 11) is 0. The second kappa shape index (κ2) is 9.53. The second-order valence-electron chi connectivity index (χ2n) is 12.2. The van der Waals surface area contributed by atoms with Crippen LogP contribution in [-0.2, 0) is 0 Å². The molecule has 0 spiro atoms. The fraction of sp³-hybridized carbons (Fsp3) is 0.0244. The highest BCUT2D eigenvalue weighted by Gasteiger charge is 2.41. The van der Waals surface area contributed by atoms with Gasteiger partial charge in [-0.25, -0.2) is 0 Å². The zero-order valence-corrected chi connectivity index (χ0v) is 25.0. The normalized spacial score (nSPS) is 12.9. The van der Waals surface area contributed by atoms with Crippen LogP contribution in [0.25, 0.3) is 21.9 Å². The molecule has 0 fully saturated rings. The van der Waals surface area contributed by atoms with Crippen LogP contribution in [0.15, 0.2) is 140 Å². The Morgan fingerprint density at radius 1 is 0.478 bits per heavy atom. The van der Waals surface area contributed by atoms with E-state index in [4.69, 9.17) is 14.2 Å². The highest BCUT2D eigenvalue weighted by Crippen LogP contribution is 2.51. The molecule has 3 heterocycles. The molecule has 5 heteroatoms. The van der Waals surface area contributed by atoms with Crippen LogP contribution in [-0.4, -0.2) is 6.71 Å². The number of hydrogen-bond donors (Lipinski definition) is 0. The van der Waals surface area contributed by atoms with Crippen LogP contribution in [0, 0.1) is 6.92 Å². The molecule has 0 saturated heterocycles. The van der Waals surface area contributed by atoms with E-state index < -0.39 is 0 Å². The van der Waals surface area contributed by atoms with Crippen molar-refractivity contribution in [3.8, 4) is 45.6 Å². The average Bonchev–Trinajstić information content (AvgIpc) is 3.09. The van der Waals surface area contributed by atoms with Crippen molar-refractivity contribution in [3.63, 3.8) is 0 Å². The third-order valence-electron chi connectivity index (χ3n) is 9.41. The van der Waals surface area contributed by atoms with Crippen molar-refractivity contribution < 1.29 is 14.2 Å². The van der Waals surface area contributed by atoms with Crippen molar-refractivity contribution in [2.45, 2.75) is 6.92 Å². The number of ether oxygens (including phenoxy) is 3. The van der Waals surface area contributed by atoms with Gasteiger partial charge in [-0.1, -0.05) is 78.4 Å². The Labute approximate surface area is 267 Å². The van der Waals surface area contributed by atoms with Crippen molar-refractivity contribution >= 4 is 50.9 Å². The van der Waals surface area contributed by atoms with E-state index in [1.165, 1.54) is 5.56 Å². The second-order valence-corrected chi connectivity index (χ2v) is 12.2. The number of fused-ring (bicyclic) bond motifs is 6. The van der Waals surface area contributed by atoms with Gasteiger partial charge in [0, 0.05) is 33.2 Å². The maximum Gasteiger partial charge on any atom is 0.260 e. The number of benzene rings is 7. The topological polar surface area (TPSA) is 30.9 Å². The van der Waals surface area contributed by atoms with Gasteiger partial charge in [0.15, 0.2) is 0 Å². The number of para-hydroxylation sites is 2. The molecule has 0 radical (unpaired) electrons. The van der Waals surface area contributed by atoms with Gasteiger partial charge in [-0.2, -0.15) is 0 Å². The molecule has 0 N–H and O–H groups in total. The fourth-order valence-electron chi connectivity index (χ4n) is 7.43. The average molecular weight is 591 g/mol. The van der Waals surface area contributed by atoms with Gasteiger partial charge in [-0.05, 0) is 90.1 Å². The van der Waals surface area contributed by atoms with E-state index in [0.29, 0.717) is 0 Å². The van der Waals surface area contributed by atoms with Crippen molar-refractivity contribution in [2.75, 3.05) is 4.90 Å². The van der Waals surface area contributed by atoms with Gasteiger partial charge in [0.2, 0.25) is 0 Å². The smallest absolute Gasteiger partial charge is 0.260 e. The molecular weight excluding hydrogens is 565 g/mol. The first-order valence-electron chi connectivity index (χ1n) is 15.6. The molecule has 7 aromatic carbocycles. The number of rotatable bonds is 3. The van der Waals surface area contributed by atoms with Crippen LogP contribution in [0.2, 0.25) is 0 Å². The summed E-state index contributed by atoms with van der Waals surface area (Å²) in [6.07, 6.45) is 0. The lowest BCUT2D eigenvalue weighted by atomic mass is 9.34. The van der Waals surface area contributed by atoms with Crippen LogP contribution in [0.3, 0.4) is 0 Å². The lowest BCUT2D eigenvalue weighted by Gasteiger charge is -2.34. The monoisotopic (exact) mass is 591 g/mol. The van der Waals surface area contributed by atoms with Gasteiger partial charge in [0.1, 0.15) is 34.5 Å². The molecule has 46 heavy (non-hydrogen) atoms. The van der Waals surface area contributed by atoms with Crippen molar-refractivity contribution in [3.05, 3.63) is 145 Å². The Kier molecular flexibility index (Phi) is 5.26. The summed E-state index contributed by atoms with van der Waals surface area (Å²) in [5.41, 5.74) is 9.93. The first-order valence-corrected chi connectivity index (χ1v) is 15.6. The molecule has 0 atom stereocenters. The molecule has 7 aromatic rings. The molecule has 0 amide bonds. The minimum atomic E-state index is -0.0163. The molecule has 0 unspecified atom stereocenters. The van der Waals surface area contributed by atoms with Gasteiger partial charge >= 0.3 is 0 Å². The van der Waals surface area contributed by atoms with Crippen molar-refractivity contribution in [1.29, 1.82) is 0 Å². The number of nitrogens with zero attached hydrogens (tertiary/aromatic N) is 1. The summed E-state index contributed by atoms with van der Waals surface area (Å²) in [4.78, 5) is 2.31. The highest BCUT2D eigenvalue weighted by molar-refractivity contribution is 6.98. The van der Waals surface area contributed by atoms with E-state index in [-0.39, 0.29) is 6.71 Å². The Hall–Kier alpha value is -5.94. The standard InChI is InChI=1S/C41H26BNO3/c1-25-18-21-34-31(22-25)42-32-24-38-30(23-39(32)46-37-17-9-16-36(44-34)41(37)42)28-19-20-33(29-14-8-15-35(45-38)40(28)29)43(26-10-4-2-5-11-26)27-12-6-3-7-13-27/h2-24H,1H3. The van der Waals surface area contributed by atoms with Crippen molar-refractivity contribution in [2.24, 2.45) is 0 Å². The SMILES string of the molecule is Cc1ccc2c(c1)B1c3cc4c(cc3Oc3cccc(c31)O2)-c1ccc(N(c2ccccc2)c2ccccc2)c2cccc(c12)O4. The van der Waals surface area contributed by atoms with Crippen LogP contribution >= 0.6 is 0 Å². The zero-order chi connectivity index (χ0) is 30.4. The summed E-state index contributed by atoms with van der Waals surface area (Å²) in [6.45, 7) is 2.11. The zero-order valence-electron chi connectivity index (χ0n) is 25.0. The van der Waals surface area contributed by atoms with Gasteiger partial charge in [0.25, 0.3) is 6.71 Å². The summed E-state index contributed by atoms with van der Waals surface area (Å²) >= 11 is 0. The largest absolute Gasteiger partial charge is 0.458 e.